The fourth-order valence-electron chi connectivity index (χ4n) is 1.51. The molecule has 6 heteroatoms. The van der Waals surface area contributed by atoms with Crippen LogP contribution < -0.4 is 4.90 Å². The van der Waals surface area contributed by atoms with Crippen molar-refractivity contribution in [1.82, 2.24) is 0 Å². The van der Waals surface area contributed by atoms with E-state index in [4.69, 9.17) is 5.26 Å². The lowest BCUT2D eigenvalue weighted by Gasteiger charge is -2.20. The van der Waals surface area contributed by atoms with E-state index in [0.717, 1.165) is 0 Å². The van der Waals surface area contributed by atoms with E-state index in [-0.39, 0.29) is 11.3 Å². The Morgan fingerprint density at radius 1 is 1.65 bits per heavy atom. The van der Waals surface area contributed by atoms with Crippen LogP contribution in [-0.4, -0.2) is 29.7 Å². The topological polar surface area (TPSA) is 90.4 Å². The number of aliphatic hydroxyl groups excluding tert-OH is 1. The Bertz CT molecular complexity index is 466. The average molecular weight is 235 g/mol. The number of nitrogens with zero attached hydrogens (tertiary/aromatic N) is 3. The van der Waals surface area contributed by atoms with Crippen LogP contribution in [0.5, 0.6) is 0 Å². The van der Waals surface area contributed by atoms with Gasteiger partial charge in [0.2, 0.25) is 0 Å². The van der Waals surface area contributed by atoms with Gasteiger partial charge in [0, 0.05) is 25.3 Å². The number of benzene rings is 1. The highest BCUT2D eigenvalue weighted by Gasteiger charge is 2.15. The Labute approximate surface area is 98.9 Å². The Morgan fingerprint density at radius 2 is 2.29 bits per heavy atom. The second-order valence-corrected chi connectivity index (χ2v) is 3.80. The van der Waals surface area contributed by atoms with E-state index in [9.17, 15) is 15.2 Å². The highest BCUT2D eigenvalue weighted by molar-refractivity contribution is 5.59. The van der Waals surface area contributed by atoms with Crippen molar-refractivity contribution in [3.63, 3.8) is 0 Å². The number of nitriles is 1. The Hall–Kier alpha value is -2.13. The van der Waals surface area contributed by atoms with Gasteiger partial charge in [-0.05, 0) is 19.1 Å². The highest BCUT2D eigenvalue weighted by Crippen LogP contribution is 2.23. The molecule has 0 aliphatic rings. The number of anilines is 1. The van der Waals surface area contributed by atoms with Gasteiger partial charge in [0.25, 0.3) is 5.69 Å². The van der Waals surface area contributed by atoms with Gasteiger partial charge in [-0.25, -0.2) is 0 Å². The van der Waals surface area contributed by atoms with Gasteiger partial charge in [-0.15, -0.1) is 0 Å². The number of hydrogen-bond donors (Lipinski definition) is 1. The molecule has 0 bridgehead atoms. The van der Waals surface area contributed by atoms with Gasteiger partial charge in [0.05, 0.1) is 11.0 Å². The molecule has 1 atom stereocenters. The maximum Gasteiger partial charge on any atom is 0.287 e. The van der Waals surface area contributed by atoms with Gasteiger partial charge in [-0.2, -0.15) is 5.26 Å². The largest absolute Gasteiger partial charge is 0.392 e. The van der Waals surface area contributed by atoms with E-state index in [1.807, 2.05) is 0 Å². The summed E-state index contributed by atoms with van der Waals surface area (Å²) in [6, 6.07) is 6.09. The third-order valence-electron chi connectivity index (χ3n) is 2.28. The second kappa shape index (κ2) is 5.27. The summed E-state index contributed by atoms with van der Waals surface area (Å²) in [5.41, 5.74) is 0.472. The molecule has 0 saturated heterocycles. The lowest BCUT2D eigenvalue weighted by atomic mass is 10.1. The number of aliphatic hydroxyl groups is 1. The first kappa shape index (κ1) is 12.9. The van der Waals surface area contributed by atoms with Crippen LogP contribution in [0.1, 0.15) is 12.5 Å². The molecule has 1 unspecified atom stereocenters. The number of hydrogen-bond acceptors (Lipinski definition) is 5. The van der Waals surface area contributed by atoms with E-state index in [1.54, 1.807) is 31.0 Å². The van der Waals surface area contributed by atoms with Crippen LogP contribution in [0.15, 0.2) is 18.2 Å². The Balaban J connectivity index is 3.06. The van der Waals surface area contributed by atoms with Gasteiger partial charge in [0.1, 0.15) is 11.6 Å². The van der Waals surface area contributed by atoms with Crippen LogP contribution in [-0.2, 0) is 0 Å². The maximum atomic E-state index is 10.6. The SMILES string of the molecule is CC(O)CN(C)c1ccc([N+](=O)[O-])c(C#N)c1. The van der Waals surface area contributed by atoms with Gasteiger partial charge in [0.15, 0.2) is 0 Å². The molecular formula is C11H13N3O3. The van der Waals surface area contributed by atoms with Crippen LogP contribution >= 0.6 is 0 Å². The number of likely N-dealkylation sites (N-methyl/N-ethyl adjacent to an activating group) is 1. The summed E-state index contributed by atoms with van der Waals surface area (Å²) in [4.78, 5) is 11.8. The molecule has 0 fully saturated rings. The summed E-state index contributed by atoms with van der Waals surface area (Å²) in [6.45, 7) is 2.04. The Morgan fingerprint density at radius 3 is 2.76 bits per heavy atom. The van der Waals surface area contributed by atoms with Crippen molar-refractivity contribution in [1.29, 1.82) is 5.26 Å². The molecule has 0 radical (unpaired) electrons. The lowest BCUT2D eigenvalue weighted by molar-refractivity contribution is -0.385. The first-order valence-corrected chi connectivity index (χ1v) is 5.03. The van der Waals surface area contributed by atoms with Crippen molar-refractivity contribution in [2.45, 2.75) is 13.0 Å². The molecule has 0 aliphatic heterocycles. The minimum atomic E-state index is -0.586. The third kappa shape index (κ3) is 3.16. The molecule has 1 aromatic rings. The highest BCUT2D eigenvalue weighted by atomic mass is 16.6. The molecule has 1 aromatic carbocycles. The predicted molar refractivity (Wildman–Crippen MR) is 62.8 cm³/mol. The predicted octanol–water partition coefficient (Wildman–Crippen LogP) is 1.28. The smallest absolute Gasteiger partial charge is 0.287 e. The normalized spacial score (nSPS) is 11.6. The molecule has 0 amide bonds. The second-order valence-electron chi connectivity index (χ2n) is 3.80. The molecule has 0 spiro atoms. The monoisotopic (exact) mass is 235 g/mol. The number of rotatable bonds is 4. The molecule has 1 rings (SSSR count). The molecule has 0 aromatic heterocycles. The summed E-state index contributed by atoms with van der Waals surface area (Å²) >= 11 is 0. The van der Waals surface area contributed by atoms with E-state index in [2.05, 4.69) is 0 Å². The van der Waals surface area contributed by atoms with Crippen LogP contribution in [0.4, 0.5) is 11.4 Å². The molecular weight excluding hydrogens is 222 g/mol. The van der Waals surface area contributed by atoms with E-state index < -0.39 is 11.0 Å². The van der Waals surface area contributed by atoms with Crippen molar-refractivity contribution in [3.05, 3.63) is 33.9 Å². The zero-order valence-corrected chi connectivity index (χ0v) is 9.62. The fraction of sp³-hybridized carbons (Fsp3) is 0.364. The molecule has 0 heterocycles. The minimum absolute atomic E-state index is 0.0185. The van der Waals surface area contributed by atoms with Crippen molar-refractivity contribution in [2.75, 3.05) is 18.5 Å². The minimum Gasteiger partial charge on any atom is -0.392 e. The molecule has 1 N–H and O–H groups in total. The fourth-order valence-corrected chi connectivity index (χ4v) is 1.51. The zero-order chi connectivity index (χ0) is 13.0. The lowest BCUT2D eigenvalue weighted by Crippen LogP contribution is -2.26. The van der Waals surface area contributed by atoms with E-state index >= 15 is 0 Å². The molecule has 0 saturated carbocycles. The summed E-state index contributed by atoms with van der Waals surface area (Å²) in [7, 11) is 1.75. The molecule has 17 heavy (non-hydrogen) atoms. The van der Waals surface area contributed by atoms with Gasteiger partial charge in [-0.3, -0.25) is 10.1 Å². The van der Waals surface area contributed by atoms with Crippen LogP contribution in [0, 0.1) is 21.4 Å². The Kier molecular flexibility index (Phi) is 4.01. The zero-order valence-electron chi connectivity index (χ0n) is 9.62. The summed E-state index contributed by atoms with van der Waals surface area (Å²) in [5.74, 6) is 0. The van der Waals surface area contributed by atoms with Gasteiger partial charge in [-0.1, -0.05) is 0 Å². The van der Waals surface area contributed by atoms with Gasteiger partial charge < -0.3 is 10.0 Å². The number of nitro benzene ring substituents is 1. The van der Waals surface area contributed by atoms with Gasteiger partial charge >= 0.3 is 0 Å². The third-order valence-corrected chi connectivity index (χ3v) is 2.28. The van der Waals surface area contributed by atoms with Crippen molar-refractivity contribution < 1.29 is 10.0 Å². The van der Waals surface area contributed by atoms with Crippen LogP contribution in [0.25, 0.3) is 0 Å². The molecule has 0 aliphatic carbocycles. The van der Waals surface area contributed by atoms with Crippen molar-refractivity contribution >= 4 is 11.4 Å². The van der Waals surface area contributed by atoms with Crippen LogP contribution in [0.3, 0.4) is 0 Å². The number of nitro groups is 1. The van der Waals surface area contributed by atoms with E-state index in [0.29, 0.717) is 12.2 Å². The summed E-state index contributed by atoms with van der Waals surface area (Å²) in [5, 5.41) is 28.7. The first-order chi connectivity index (χ1) is 7.95. The maximum absolute atomic E-state index is 10.6. The quantitative estimate of drug-likeness (QED) is 0.627. The standard InChI is InChI=1S/C11H13N3O3/c1-8(15)7-13(2)10-3-4-11(14(16)17)9(5-10)6-12/h3-5,8,15H,7H2,1-2H3. The van der Waals surface area contributed by atoms with E-state index in [1.165, 1.54) is 12.1 Å². The van der Waals surface area contributed by atoms with Crippen molar-refractivity contribution in [3.8, 4) is 6.07 Å². The van der Waals surface area contributed by atoms with Crippen molar-refractivity contribution in [2.24, 2.45) is 0 Å². The first-order valence-electron chi connectivity index (χ1n) is 5.03. The molecule has 6 nitrogen and oxygen atoms in total. The summed E-state index contributed by atoms with van der Waals surface area (Å²) in [6.07, 6.45) is -0.513. The molecule has 90 valence electrons. The summed E-state index contributed by atoms with van der Waals surface area (Å²) < 4.78 is 0. The average Bonchev–Trinajstić information content (AvgIpc) is 2.27. The van der Waals surface area contributed by atoms with Crippen LogP contribution in [0.2, 0.25) is 0 Å².